The molecule has 0 spiro atoms. The van der Waals surface area contributed by atoms with Crippen LogP contribution in [0.1, 0.15) is 12.5 Å². The third-order valence-corrected chi connectivity index (χ3v) is 2.19. The molecular weight excluding hydrogens is 200 g/mol. The van der Waals surface area contributed by atoms with Gasteiger partial charge < -0.3 is 4.74 Å². The summed E-state index contributed by atoms with van der Waals surface area (Å²) in [4.78, 5) is 8.38. The molecule has 0 aliphatic carbocycles. The topological polar surface area (TPSA) is 35.0 Å². The van der Waals surface area contributed by atoms with E-state index in [-0.39, 0.29) is 0 Å². The number of benzene rings is 1. The Morgan fingerprint density at radius 3 is 2.44 bits per heavy atom. The largest absolute Gasteiger partial charge is 0.371 e. The van der Waals surface area contributed by atoms with Gasteiger partial charge in [-0.1, -0.05) is 24.3 Å². The highest BCUT2D eigenvalue weighted by molar-refractivity contribution is 5.54. The van der Waals surface area contributed by atoms with Gasteiger partial charge in [-0.05, 0) is 18.6 Å². The average Bonchev–Trinajstić information content (AvgIpc) is 2.38. The molecule has 0 amide bonds. The van der Waals surface area contributed by atoms with Crippen LogP contribution in [0.25, 0.3) is 11.4 Å². The summed E-state index contributed by atoms with van der Waals surface area (Å²) < 4.78 is 5.21. The summed E-state index contributed by atoms with van der Waals surface area (Å²) in [5.41, 5.74) is 2.16. The van der Waals surface area contributed by atoms with Crippen LogP contribution in [0.3, 0.4) is 0 Å². The molecule has 1 aromatic heterocycles. The number of rotatable bonds is 4. The van der Waals surface area contributed by atoms with Crippen molar-refractivity contribution in [3.8, 4) is 11.4 Å². The minimum absolute atomic E-state index is 0.604. The number of aromatic nitrogens is 2. The molecule has 1 heterocycles. The summed E-state index contributed by atoms with van der Waals surface area (Å²) in [6.45, 7) is 4.16. The van der Waals surface area contributed by atoms with Crippen molar-refractivity contribution in [2.45, 2.75) is 13.5 Å². The summed E-state index contributed by atoms with van der Waals surface area (Å²) in [5.74, 6) is 0.747. The molecule has 0 fully saturated rings. The maximum atomic E-state index is 5.21. The lowest BCUT2D eigenvalue weighted by molar-refractivity contribution is 0.191. The molecule has 0 saturated heterocycles. The van der Waals surface area contributed by atoms with E-state index in [1.54, 1.807) is 19.0 Å². The lowest BCUT2D eigenvalue weighted by Crippen LogP contribution is -1.90. The minimum Gasteiger partial charge on any atom is -0.371 e. The Kier molecular flexibility index (Phi) is 3.62. The zero-order chi connectivity index (χ0) is 11.2. The Morgan fingerprint density at radius 1 is 1.12 bits per heavy atom. The van der Waals surface area contributed by atoms with Gasteiger partial charge in [0.25, 0.3) is 0 Å². The molecule has 0 unspecified atom stereocenters. The monoisotopic (exact) mass is 213 g/mol. The van der Waals surface area contributed by atoms with Crippen molar-refractivity contribution in [2.24, 2.45) is 0 Å². The van der Waals surface area contributed by atoms with Gasteiger partial charge in [-0.15, -0.1) is 0 Å². The first kappa shape index (κ1) is 10.8. The number of hydrogen-bond acceptors (Lipinski definition) is 3. The molecule has 0 atom stereocenters. The van der Waals surface area contributed by atoms with Gasteiger partial charge in [-0.25, -0.2) is 9.97 Å². The van der Waals surface area contributed by atoms with Gasteiger partial charge in [-0.2, -0.15) is 0 Å². The fourth-order valence-corrected chi connectivity index (χ4v) is 1.38. The summed E-state index contributed by atoms with van der Waals surface area (Å²) in [7, 11) is 0. The van der Waals surface area contributed by atoms with Gasteiger partial charge in [-0.3, -0.25) is 0 Å². The lowest BCUT2D eigenvalue weighted by Gasteiger charge is -2.03. The summed E-state index contributed by atoms with van der Waals surface area (Å²) in [6, 6.07) is 9.86. The van der Waals surface area contributed by atoms with Crippen molar-refractivity contribution in [1.82, 2.24) is 9.97 Å². The Labute approximate surface area is 95.1 Å². The SMILES string of the molecule is C[CH]OCc1ccc(-c2ncccn2)cc1. The zero-order valence-electron chi connectivity index (χ0n) is 9.13. The first-order valence-corrected chi connectivity index (χ1v) is 5.16. The number of nitrogens with zero attached hydrogens (tertiary/aromatic N) is 2. The van der Waals surface area contributed by atoms with E-state index in [0.29, 0.717) is 6.61 Å². The number of hydrogen-bond donors (Lipinski definition) is 0. The van der Waals surface area contributed by atoms with Crippen LogP contribution in [0, 0.1) is 6.61 Å². The predicted molar refractivity (Wildman–Crippen MR) is 62.2 cm³/mol. The van der Waals surface area contributed by atoms with Crippen LogP contribution in [0.15, 0.2) is 42.7 Å². The van der Waals surface area contributed by atoms with Crippen LogP contribution in [0.5, 0.6) is 0 Å². The molecule has 0 saturated carbocycles. The molecule has 0 N–H and O–H groups in total. The van der Waals surface area contributed by atoms with Crippen LogP contribution in [0.4, 0.5) is 0 Å². The molecule has 2 aromatic rings. The molecule has 1 aromatic carbocycles. The van der Waals surface area contributed by atoms with E-state index < -0.39 is 0 Å². The molecule has 81 valence electrons. The highest BCUT2D eigenvalue weighted by atomic mass is 16.5. The first-order chi connectivity index (χ1) is 7.90. The quantitative estimate of drug-likeness (QED) is 0.783. The van der Waals surface area contributed by atoms with Crippen molar-refractivity contribution in [2.75, 3.05) is 0 Å². The third kappa shape index (κ3) is 2.64. The van der Waals surface area contributed by atoms with E-state index in [0.717, 1.165) is 17.0 Å². The molecule has 2 rings (SSSR count). The van der Waals surface area contributed by atoms with Crippen LogP contribution in [0.2, 0.25) is 0 Å². The van der Waals surface area contributed by atoms with E-state index in [4.69, 9.17) is 4.74 Å². The summed E-state index contributed by atoms with van der Waals surface area (Å²) in [6.07, 6.45) is 3.48. The maximum Gasteiger partial charge on any atom is 0.159 e. The second-order valence-corrected chi connectivity index (χ2v) is 3.32. The van der Waals surface area contributed by atoms with Gasteiger partial charge in [0.05, 0.1) is 13.2 Å². The highest BCUT2D eigenvalue weighted by Gasteiger charge is 1.99. The Hall–Kier alpha value is -1.74. The summed E-state index contributed by atoms with van der Waals surface area (Å²) >= 11 is 0. The minimum atomic E-state index is 0.604. The molecule has 1 radical (unpaired) electrons. The van der Waals surface area contributed by atoms with Gasteiger partial charge >= 0.3 is 0 Å². The van der Waals surface area contributed by atoms with Crippen LogP contribution in [-0.4, -0.2) is 9.97 Å². The normalized spacial score (nSPS) is 10.3. The molecular formula is C13H13N2O. The lowest BCUT2D eigenvalue weighted by atomic mass is 10.1. The smallest absolute Gasteiger partial charge is 0.159 e. The van der Waals surface area contributed by atoms with Gasteiger partial charge in [0.15, 0.2) is 5.82 Å². The second-order valence-electron chi connectivity index (χ2n) is 3.32. The van der Waals surface area contributed by atoms with E-state index in [1.165, 1.54) is 0 Å². The number of ether oxygens (including phenoxy) is 1. The van der Waals surface area contributed by atoms with Crippen molar-refractivity contribution in [3.63, 3.8) is 0 Å². The van der Waals surface area contributed by atoms with Crippen molar-refractivity contribution in [3.05, 3.63) is 54.9 Å². The average molecular weight is 213 g/mol. The standard InChI is InChI=1S/C13H13N2O/c1-2-16-10-11-4-6-12(7-5-11)13-14-8-3-9-15-13/h2-9H,10H2,1H3. The highest BCUT2D eigenvalue weighted by Crippen LogP contribution is 2.15. The molecule has 3 nitrogen and oxygen atoms in total. The van der Waals surface area contributed by atoms with Gasteiger partial charge in [0.1, 0.15) is 0 Å². The fourth-order valence-electron chi connectivity index (χ4n) is 1.38. The predicted octanol–water partition coefficient (Wildman–Crippen LogP) is 2.84. The molecule has 0 aliphatic heterocycles. The van der Waals surface area contributed by atoms with E-state index in [1.807, 2.05) is 37.3 Å². The van der Waals surface area contributed by atoms with Crippen molar-refractivity contribution >= 4 is 0 Å². The van der Waals surface area contributed by atoms with Crippen molar-refractivity contribution < 1.29 is 4.74 Å². The Morgan fingerprint density at radius 2 is 1.81 bits per heavy atom. The molecule has 16 heavy (non-hydrogen) atoms. The van der Waals surface area contributed by atoms with Gasteiger partial charge in [0.2, 0.25) is 0 Å². The third-order valence-electron chi connectivity index (χ3n) is 2.19. The molecule has 3 heteroatoms. The van der Waals surface area contributed by atoms with Crippen LogP contribution in [-0.2, 0) is 11.3 Å². The first-order valence-electron chi connectivity index (χ1n) is 5.16. The van der Waals surface area contributed by atoms with Crippen LogP contribution >= 0.6 is 0 Å². The Bertz CT molecular complexity index is 425. The Balaban J connectivity index is 2.13. The van der Waals surface area contributed by atoms with Crippen molar-refractivity contribution in [1.29, 1.82) is 0 Å². The second kappa shape index (κ2) is 5.37. The van der Waals surface area contributed by atoms with Gasteiger partial charge in [0, 0.05) is 18.0 Å². The maximum absolute atomic E-state index is 5.21. The fraction of sp³-hybridized carbons (Fsp3) is 0.154. The molecule has 0 bridgehead atoms. The van der Waals surface area contributed by atoms with E-state index >= 15 is 0 Å². The molecule has 0 aliphatic rings. The van der Waals surface area contributed by atoms with Crippen LogP contribution < -0.4 is 0 Å². The summed E-state index contributed by atoms with van der Waals surface area (Å²) in [5, 5.41) is 0. The van der Waals surface area contributed by atoms with E-state index in [9.17, 15) is 0 Å². The van der Waals surface area contributed by atoms with E-state index in [2.05, 4.69) is 9.97 Å². The zero-order valence-corrected chi connectivity index (χ0v) is 9.13.